The van der Waals surface area contributed by atoms with E-state index in [0.717, 1.165) is 11.4 Å². The average Bonchev–Trinajstić information content (AvgIpc) is 2.68. The normalized spacial score (nSPS) is 12.7. The van der Waals surface area contributed by atoms with Crippen molar-refractivity contribution in [2.75, 3.05) is 0 Å². The van der Waals surface area contributed by atoms with Crippen molar-refractivity contribution in [1.82, 2.24) is 0 Å². The van der Waals surface area contributed by atoms with Crippen molar-refractivity contribution in [3.05, 3.63) is 56.7 Å². The molecule has 0 radical (unpaired) electrons. The summed E-state index contributed by atoms with van der Waals surface area (Å²) in [5, 5.41) is 2.98. The molecule has 0 bridgehead atoms. The van der Waals surface area contributed by atoms with Gasteiger partial charge in [-0.2, -0.15) is 0 Å². The lowest BCUT2D eigenvalue weighted by molar-refractivity contribution is 0.961. The molecule has 3 heteroatoms. The summed E-state index contributed by atoms with van der Waals surface area (Å²) < 4.78 is 0. The van der Waals surface area contributed by atoms with Crippen molar-refractivity contribution in [3.8, 4) is 0 Å². The van der Waals surface area contributed by atoms with E-state index in [0.29, 0.717) is 4.83 Å². The molecule has 0 aliphatic heterocycles. The number of halogens is 2. The van der Waals surface area contributed by atoms with Crippen LogP contribution in [-0.4, -0.2) is 0 Å². The first-order chi connectivity index (χ1) is 7.68. The molecular formula is C13H12BrClS. The summed E-state index contributed by atoms with van der Waals surface area (Å²) >= 11 is 11.7. The largest absolute Gasteiger partial charge is 0.147 e. The Bertz CT molecular complexity index is 478. The van der Waals surface area contributed by atoms with Crippen LogP contribution in [-0.2, 0) is 6.42 Å². The second kappa shape index (κ2) is 5.35. The quantitative estimate of drug-likeness (QED) is 0.666. The Kier molecular flexibility index (Phi) is 4.06. The molecule has 84 valence electrons. The molecule has 1 aromatic carbocycles. The average molecular weight is 316 g/mol. The highest BCUT2D eigenvalue weighted by atomic mass is 79.9. The Morgan fingerprint density at radius 1 is 1.31 bits per heavy atom. The van der Waals surface area contributed by atoms with Crippen LogP contribution in [0.5, 0.6) is 0 Å². The van der Waals surface area contributed by atoms with E-state index in [1.165, 1.54) is 16.0 Å². The summed E-state index contributed by atoms with van der Waals surface area (Å²) in [5.41, 5.74) is 2.54. The molecule has 1 heterocycles. The number of thiophene rings is 1. The van der Waals surface area contributed by atoms with E-state index in [2.05, 4.69) is 40.4 Å². The van der Waals surface area contributed by atoms with Gasteiger partial charge < -0.3 is 0 Å². The molecule has 0 saturated heterocycles. The van der Waals surface area contributed by atoms with E-state index in [4.69, 9.17) is 11.6 Å². The van der Waals surface area contributed by atoms with Crippen LogP contribution in [0.15, 0.2) is 35.7 Å². The van der Waals surface area contributed by atoms with Gasteiger partial charge in [0.2, 0.25) is 0 Å². The Hall–Kier alpha value is -0.310. The molecule has 1 atom stereocenters. The van der Waals surface area contributed by atoms with Crippen LogP contribution >= 0.6 is 38.9 Å². The van der Waals surface area contributed by atoms with E-state index in [9.17, 15) is 0 Å². The van der Waals surface area contributed by atoms with Crippen LogP contribution in [0.2, 0.25) is 5.02 Å². The zero-order chi connectivity index (χ0) is 11.5. The van der Waals surface area contributed by atoms with Crippen LogP contribution in [0, 0.1) is 6.92 Å². The third-order valence-corrected chi connectivity index (χ3v) is 5.13. The van der Waals surface area contributed by atoms with Gasteiger partial charge in [-0.1, -0.05) is 45.7 Å². The minimum Gasteiger partial charge on any atom is -0.147 e. The highest BCUT2D eigenvalue weighted by molar-refractivity contribution is 9.09. The van der Waals surface area contributed by atoms with E-state index in [1.807, 2.05) is 18.2 Å². The fourth-order valence-corrected chi connectivity index (χ4v) is 3.81. The van der Waals surface area contributed by atoms with Crippen molar-refractivity contribution in [1.29, 1.82) is 0 Å². The van der Waals surface area contributed by atoms with Crippen LogP contribution in [0.4, 0.5) is 0 Å². The lowest BCUT2D eigenvalue weighted by Gasteiger charge is -2.10. The van der Waals surface area contributed by atoms with E-state index >= 15 is 0 Å². The molecule has 0 aliphatic rings. The molecule has 0 fully saturated rings. The zero-order valence-corrected chi connectivity index (χ0v) is 12.1. The van der Waals surface area contributed by atoms with Gasteiger partial charge in [-0.25, -0.2) is 0 Å². The molecule has 0 saturated carbocycles. The first-order valence-corrected chi connectivity index (χ1v) is 7.27. The fourth-order valence-electron chi connectivity index (χ4n) is 1.66. The molecule has 2 aromatic rings. The monoisotopic (exact) mass is 314 g/mol. The number of benzene rings is 1. The van der Waals surface area contributed by atoms with Crippen LogP contribution in [0.25, 0.3) is 0 Å². The molecule has 0 spiro atoms. The minimum atomic E-state index is 0.354. The Morgan fingerprint density at radius 3 is 2.69 bits per heavy atom. The predicted octanol–water partition coefficient (Wildman–Crippen LogP) is 5.39. The number of alkyl halides is 1. The maximum Gasteiger partial charge on any atom is 0.0532 e. The molecule has 0 N–H and O–H groups in total. The zero-order valence-electron chi connectivity index (χ0n) is 8.91. The third-order valence-electron chi connectivity index (χ3n) is 2.54. The Balaban J connectivity index is 2.17. The SMILES string of the molecule is Cc1ccsc1C(Br)Cc1ccccc1Cl. The number of hydrogen-bond acceptors (Lipinski definition) is 1. The summed E-state index contributed by atoms with van der Waals surface area (Å²) in [6.45, 7) is 2.15. The van der Waals surface area contributed by atoms with E-state index in [1.54, 1.807) is 11.3 Å². The van der Waals surface area contributed by atoms with Gasteiger partial charge in [-0.05, 0) is 42.0 Å². The molecule has 0 nitrogen and oxygen atoms in total. The van der Waals surface area contributed by atoms with Crippen LogP contribution in [0.1, 0.15) is 20.8 Å². The smallest absolute Gasteiger partial charge is 0.0532 e. The summed E-state index contributed by atoms with van der Waals surface area (Å²) in [6, 6.07) is 10.2. The van der Waals surface area contributed by atoms with Crippen molar-refractivity contribution in [3.63, 3.8) is 0 Å². The van der Waals surface area contributed by atoms with Crippen molar-refractivity contribution in [2.24, 2.45) is 0 Å². The Morgan fingerprint density at radius 2 is 2.06 bits per heavy atom. The van der Waals surface area contributed by atoms with Gasteiger partial charge in [0.15, 0.2) is 0 Å². The maximum absolute atomic E-state index is 6.15. The predicted molar refractivity (Wildman–Crippen MR) is 75.9 cm³/mol. The van der Waals surface area contributed by atoms with Gasteiger partial charge in [0, 0.05) is 9.90 Å². The minimum absolute atomic E-state index is 0.354. The molecule has 2 rings (SSSR count). The van der Waals surface area contributed by atoms with Crippen molar-refractivity contribution in [2.45, 2.75) is 18.2 Å². The highest BCUT2D eigenvalue weighted by Crippen LogP contribution is 2.34. The standard InChI is InChI=1S/C13H12BrClS/c1-9-6-7-16-13(9)11(14)8-10-4-2-3-5-12(10)15/h2-7,11H,8H2,1H3. The molecule has 0 aliphatic carbocycles. The molecule has 1 unspecified atom stereocenters. The van der Waals surface area contributed by atoms with E-state index < -0.39 is 0 Å². The van der Waals surface area contributed by atoms with Gasteiger partial charge in [0.25, 0.3) is 0 Å². The van der Waals surface area contributed by atoms with E-state index in [-0.39, 0.29) is 0 Å². The second-order valence-electron chi connectivity index (χ2n) is 3.73. The van der Waals surface area contributed by atoms with Gasteiger partial charge in [0.1, 0.15) is 0 Å². The third kappa shape index (κ3) is 2.68. The fraction of sp³-hybridized carbons (Fsp3) is 0.231. The van der Waals surface area contributed by atoms with Crippen molar-refractivity contribution < 1.29 is 0 Å². The maximum atomic E-state index is 6.15. The first-order valence-electron chi connectivity index (χ1n) is 5.10. The van der Waals surface area contributed by atoms with Gasteiger partial charge >= 0.3 is 0 Å². The summed E-state index contributed by atoms with van der Waals surface area (Å²) in [7, 11) is 0. The highest BCUT2D eigenvalue weighted by Gasteiger charge is 2.13. The lowest BCUT2D eigenvalue weighted by Crippen LogP contribution is -1.95. The van der Waals surface area contributed by atoms with Gasteiger partial charge in [-0.3, -0.25) is 0 Å². The van der Waals surface area contributed by atoms with Gasteiger partial charge in [-0.15, -0.1) is 11.3 Å². The number of aryl methyl sites for hydroxylation is 1. The summed E-state index contributed by atoms with van der Waals surface area (Å²) in [6.07, 6.45) is 0.932. The van der Waals surface area contributed by atoms with Crippen LogP contribution < -0.4 is 0 Å². The Labute approximate surface area is 113 Å². The molecule has 1 aromatic heterocycles. The molecular weight excluding hydrogens is 304 g/mol. The first kappa shape index (κ1) is 12.2. The summed E-state index contributed by atoms with van der Waals surface area (Å²) in [4.78, 5) is 1.74. The number of hydrogen-bond donors (Lipinski definition) is 0. The number of rotatable bonds is 3. The summed E-state index contributed by atoms with van der Waals surface area (Å²) in [5.74, 6) is 0. The molecule has 16 heavy (non-hydrogen) atoms. The molecule has 0 amide bonds. The second-order valence-corrected chi connectivity index (χ2v) is 6.19. The topological polar surface area (TPSA) is 0 Å². The van der Waals surface area contributed by atoms with Crippen LogP contribution in [0.3, 0.4) is 0 Å². The van der Waals surface area contributed by atoms with Crippen molar-refractivity contribution >= 4 is 38.9 Å². The van der Waals surface area contributed by atoms with Gasteiger partial charge in [0.05, 0.1) is 4.83 Å². The lowest BCUT2D eigenvalue weighted by atomic mass is 10.1.